The molecule has 0 unspecified atom stereocenters. The van der Waals surface area contributed by atoms with Crippen LogP contribution in [0.25, 0.3) is 0 Å². The zero-order chi connectivity index (χ0) is 19.7. The Morgan fingerprint density at radius 1 is 0.679 bits per heavy atom. The normalized spacial score (nSPS) is 21.9. The van der Waals surface area contributed by atoms with Gasteiger partial charge in [-0.1, -0.05) is 0 Å². The lowest BCUT2D eigenvalue weighted by Crippen LogP contribution is -2.46. The van der Waals surface area contributed by atoms with Gasteiger partial charge < -0.3 is 9.80 Å². The topological polar surface area (TPSA) is 92.8 Å². The minimum Gasteiger partial charge on any atom is -0.366 e. The largest absolute Gasteiger partial charge is 0.366 e. The first-order chi connectivity index (χ1) is 13.5. The van der Waals surface area contributed by atoms with Crippen LogP contribution in [0.4, 0.5) is 22.7 Å². The van der Waals surface area contributed by atoms with Crippen molar-refractivity contribution in [3.8, 4) is 0 Å². The van der Waals surface area contributed by atoms with Gasteiger partial charge in [-0.3, -0.25) is 20.2 Å². The summed E-state index contributed by atoms with van der Waals surface area (Å²) in [6.07, 6.45) is 4.33. The Balaban J connectivity index is 1.55. The van der Waals surface area contributed by atoms with Gasteiger partial charge in [-0.15, -0.1) is 0 Å². The quantitative estimate of drug-likeness (QED) is 0.570. The van der Waals surface area contributed by atoms with Crippen LogP contribution in [-0.2, 0) is 0 Å². The van der Waals surface area contributed by atoms with Gasteiger partial charge in [0.1, 0.15) is 0 Å². The van der Waals surface area contributed by atoms with Crippen LogP contribution < -0.4 is 9.80 Å². The van der Waals surface area contributed by atoms with E-state index in [2.05, 4.69) is 9.80 Å². The van der Waals surface area contributed by atoms with Crippen LogP contribution in [0.1, 0.15) is 25.7 Å². The number of anilines is 2. The van der Waals surface area contributed by atoms with Gasteiger partial charge in [0, 0.05) is 60.8 Å². The first-order valence-corrected chi connectivity index (χ1v) is 9.57. The molecule has 4 rings (SSSR count). The lowest BCUT2D eigenvalue weighted by atomic mass is 10.0. The van der Waals surface area contributed by atoms with E-state index in [4.69, 9.17) is 0 Å². The molecular formula is C20H22N4O4. The van der Waals surface area contributed by atoms with Crippen LogP contribution in [-0.4, -0.2) is 35.0 Å². The molecule has 8 heteroatoms. The summed E-state index contributed by atoms with van der Waals surface area (Å²) in [4.78, 5) is 25.8. The second-order valence-corrected chi connectivity index (χ2v) is 7.35. The number of nitrogens with zero attached hydrogens (tertiary/aromatic N) is 4. The average molecular weight is 382 g/mol. The number of nitro groups is 2. The SMILES string of the molecule is O=[N+]([O-])c1ccc(N2CCC[C@H]2[C@@H]2CCCN2c2ccc([N+](=O)[O-])cc2)cc1. The fourth-order valence-corrected chi connectivity index (χ4v) is 4.56. The van der Waals surface area contributed by atoms with Crippen molar-refractivity contribution in [1.29, 1.82) is 0 Å². The number of hydrogen-bond acceptors (Lipinski definition) is 6. The smallest absolute Gasteiger partial charge is 0.269 e. The van der Waals surface area contributed by atoms with E-state index in [0.29, 0.717) is 12.1 Å². The molecule has 8 nitrogen and oxygen atoms in total. The van der Waals surface area contributed by atoms with Crippen molar-refractivity contribution in [1.82, 2.24) is 0 Å². The van der Waals surface area contributed by atoms with Gasteiger partial charge in [0.25, 0.3) is 11.4 Å². The Bertz CT molecular complexity index is 795. The number of hydrogen-bond donors (Lipinski definition) is 0. The maximum absolute atomic E-state index is 10.9. The molecule has 0 aromatic heterocycles. The van der Waals surface area contributed by atoms with Crippen molar-refractivity contribution < 1.29 is 9.85 Å². The minimum atomic E-state index is -0.376. The molecule has 0 amide bonds. The summed E-state index contributed by atoms with van der Waals surface area (Å²) in [5.74, 6) is 0. The highest BCUT2D eigenvalue weighted by molar-refractivity contribution is 5.56. The van der Waals surface area contributed by atoms with E-state index in [9.17, 15) is 20.2 Å². The molecule has 2 aromatic carbocycles. The van der Waals surface area contributed by atoms with Gasteiger partial charge >= 0.3 is 0 Å². The molecule has 0 spiro atoms. The number of rotatable bonds is 5. The third-order valence-corrected chi connectivity index (χ3v) is 5.83. The first kappa shape index (κ1) is 18.2. The van der Waals surface area contributed by atoms with Crippen LogP contribution in [0.5, 0.6) is 0 Å². The number of nitro benzene ring substituents is 2. The summed E-state index contributed by atoms with van der Waals surface area (Å²) in [6, 6.07) is 14.3. The van der Waals surface area contributed by atoms with Crippen LogP contribution in [0, 0.1) is 20.2 Å². The van der Waals surface area contributed by atoms with Crippen molar-refractivity contribution in [3.63, 3.8) is 0 Å². The third kappa shape index (κ3) is 3.37. The van der Waals surface area contributed by atoms with Crippen molar-refractivity contribution in [2.45, 2.75) is 37.8 Å². The van der Waals surface area contributed by atoms with Gasteiger partial charge in [0.15, 0.2) is 0 Å². The predicted molar refractivity (Wildman–Crippen MR) is 107 cm³/mol. The standard InChI is InChI=1S/C20H22N4O4/c25-23(26)17-9-5-15(6-10-17)21-13-1-3-19(21)20-4-2-14-22(20)16-7-11-18(12-8-16)24(27)28/h5-12,19-20H,1-4,13-14H2/t19-,20-/m0/s1. The second kappa shape index (κ2) is 7.46. The molecule has 2 fully saturated rings. The molecule has 2 aliphatic rings. The lowest BCUT2D eigenvalue weighted by Gasteiger charge is -2.37. The van der Waals surface area contributed by atoms with E-state index in [1.54, 1.807) is 24.3 Å². The minimum absolute atomic E-state index is 0.105. The summed E-state index contributed by atoms with van der Waals surface area (Å²) < 4.78 is 0. The summed E-state index contributed by atoms with van der Waals surface area (Å²) in [5.41, 5.74) is 2.24. The highest BCUT2D eigenvalue weighted by Crippen LogP contribution is 2.36. The van der Waals surface area contributed by atoms with Gasteiger partial charge in [-0.2, -0.15) is 0 Å². The Morgan fingerprint density at radius 3 is 1.36 bits per heavy atom. The lowest BCUT2D eigenvalue weighted by molar-refractivity contribution is -0.385. The summed E-state index contributed by atoms with van der Waals surface area (Å²) in [7, 11) is 0. The molecule has 0 aliphatic carbocycles. The van der Waals surface area contributed by atoms with Crippen LogP contribution in [0.15, 0.2) is 48.5 Å². The predicted octanol–water partition coefficient (Wildman–Crippen LogP) is 4.14. The zero-order valence-corrected chi connectivity index (χ0v) is 15.4. The molecule has 0 bridgehead atoms. The zero-order valence-electron chi connectivity index (χ0n) is 15.4. The van der Waals surface area contributed by atoms with Crippen LogP contribution >= 0.6 is 0 Å². The van der Waals surface area contributed by atoms with E-state index in [0.717, 1.165) is 50.1 Å². The Kier molecular flexibility index (Phi) is 4.85. The van der Waals surface area contributed by atoms with Crippen molar-refractivity contribution >= 4 is 22.7 Å². The molecule has 2 saturated heterocycles. The van der Waals surface area contributed by atoms with Crippen LogP contribution in [0.2, 0.25) is 0 Å². The van der Waals surface area contributed by atoms with Crippen molar-refractivity contribution in [2.75, 3.05) is 22.9 Å². The van der Waals surface area contributed by atoms with Crippen molar-refractivity contribution in [3.05, 3.63) is 68.8 Å². The fraction of sp³-hybridized carbons (Fsp3) is 0.400. The number of non-ortho nitro benzene ring substituents is 2. The van der Waals surface area contributed by atoms with E-state index in [1.165, 1.54) is 0 Å². The molecule has 146 valence electrons. The Morgan fingerprint density at radius 2 is 1.04 bits per heavy atom. The van der Waals surface area contributed by atoms with E-state index in [-0.39, 0.29) is 21.2 Å². The highest BCUT2D eigenvalue weighted by atomic mass is 16.6. The summed E-state index contributed by atoms with van der Waals surface area (Å²) in [6.45, 7) is 1.88. The van der Waals surface area contributed by atoms with Gasteiger partial charge in [0.05, 0.1) is 9.85 Å². The monoisotopic (exact) mass is 382 g/mol. The van der Waals surface area contributed by atoms with E-state index >= 15 is 0 Å². The molecule has 2 aromatic rings. The van der Waals surface area contributed by atoms with Gasteiger partial charge in [-0.25, -0.2) is 0 Å². The molecule has 0 radical (unpaired) electrons. The van der Waals surface area contributed by atoms with Crippen molar-refractivity contribution in [2.24, 2.45) is 0 Å². The third-order valence-electron chi connectivity index (χ3n) is 5.83. The average Bonchev–Trinajstić information content (AvgIpc) is 3.37. The first-order valence-electron chi connectivity index (χ1n) is 9.57. The Labute approximate surface area is 162 Å². The second-order valence-electron chi connectivity index (χ2n) is 7.35. The molecule has 0 N–H and O–H groups in total. The fourth-order valence-electron chi connectivity index (χ4n) is 4.56. The van der Waals surface area contributed by atoms with Gasteiger partial charge in [-0.05, 0) is 49.9 Å². The van der Waals surface area contributed by atoms with E-state index in [1.807, 2.05) is 24.3 Å². The molecule has 28 heavy (non-hydrogen) atoms. The van der Waals surface area contributed by atoms with E-state index < -0.39 is 0 Å². The maximum atomic E-state index is 10.9. The molecule has 2 aliphatic heterocycles. The number of benzene rings is 2. The summed E-state index contributed by atoms with van der Waals surface area (Å²) >= 11 is 0. The maximum Gasteiger partial charge on any atom is 0.269 e. The molecular weight excluding hydrogens is 360 g/mol. The van der Waals surface area contributed by atoms with Gasteiger partial charge in [0.2, 0.25) is 0 Å². The Hall–Kier alpha value is -3.16. The molecule has 2 atom stereocenters. The summed E-state index contributed by atoms with van der Waals surface area (Å²) in [5, 5.41) is 21.8. The molecule has 2 heterocycles. The van der Waals surface area contributed by atoms with Crippen LogP contribution in [0.3, 0.4) is 0 Å². The highest BCUT2D eigenvalue weighted by Gasteiger charge is 2.38. The molecule has 0 saturated carbocycles.